The van der Waals surface area contributed by atoms with Crippen molar-refractivity contribution in [2.24, 2.45) is 5.92 Å². The number of halogens is 1. The SMILES string of the molecule is COc1ccc(Cl)cc1C(=O)N1CCC(NC(=O)C2CC(=O)N(C(C)(C)C)C2)CC1. The monoisotopic (exact) mass is 435 g/mol. The minimum Gasteiger partial charge on any atom is -0.496 e. The van der Waals surface area contributed by atoms with E-state index in [0.29, 0.717) is 48.8 Å². The summed E-state index contributed by atoms with van der Waals surface area (Å²) in [6.45, 7) is 7.47. The Balaban J connectivity index is 1.54. The molecule has 3 amide bonds. The van der Waals surface area contributed by atoms with Crippen LogP contribution in [0.3, 0.4) is 0 Å². The van der Waals surface area contributed by atoms with E-state index >= 15 is 0 Å². The van der Waals surface area contributed by atoms with Gasteiger partial charge in [0.1, 0.15) is 5.75 Å². The molecule has 0 bridgehead atoms. The van der Waals surface area contributed by atoms with Crippen LogP contribution in [0.1, 0.15) is 50.4 Å². The van der Waals surface area contributed by atoms with Crippen LogP contribution in [0.4, 0.5) is 0 Å². The predicted octanol–water partition coefficient (Wildman–Crippen LogP) is 2.72. The van der Waals surface area contributed by atoms with Gasteiger partial charge in [-0.05, 0) is 51.8 Å². The van der Waals surface area contributed by atoms with Crippen LogP contribution in [-0.4, -0.2) is 65.8 Å². The molecular formula is C22H30ClN3O4. The summed E-state index contributed by atoms with van der Waals surface area (Å²) in [5.41, 5.74) is 0.165. The topological polar surface area (TPSA) is 79.0 Å². The van der Waals surface area contributed by atoms with Crippen molar-refractivity contribution >= 4 is 29.3 Å². The molecular weight excluding hydrogens is 406 g/mol. The number of hydrogen-bond acceptors (Lipinski definition) is 4. The number of nitrogens with zero attached hydrogens (tertiary/aromatic N) is 2. The second-order valence-electron chi connectivity index (χ2n) is 9.00. The van der Waals surface area contributed by atoms with Gasteiger partial charge in [-0.1, -0.05) is 11.6 Å². The minimum atomic E-state index is -0.313. The fraction of sp³-hybridized carbons (Fsp3) is 0.591. The van der Waals surface area contributed by atoms with Crippen LogP contribution in [0, 0.1) is 5.92 Å². The third-order valence-electron chi connectivity index (χ3n) is 5.83. The summed E-state index contributed by atoms with van der Waals surface area (Å²) in [7, 11) is 1.52. The zero-order chi connectivity index (χ0) is 22.1. The second kappa shape index (κ2) is 8.84. The van der Waals surface area contributed by atoms with Crippen LogP contribution >= 0.6 is 11.6 Å². The maximum atomic E-state index is 12.9. The quantitative estimate of drug-likeness (QED) is 0.788. The van der Waals surface area contributed by atoms with Gasteiger partial charge < -0.3 is 19.9 Å². The molecule has 164 valence electrons. The first-order valence-corrected chi connectivity index (χ1v) is 10.7. The largest absolute Gasteiger partial charge is 0.496 e. The zero-order valence-electron chi connectivity index (χ0n) is 18.0. The lowest BCUT2D eigenvalue weighted by Gasteiger charge is -2.33. The number of piperidine rings is 1. The molecule has 2 saturated heterocycles. The number of likely N-dealkylation sites (tertiary alicyclic amines) is 2. The van der Waals surface area contributed by atoms with Gasteiger partial charge in [-0.15, -0.1) is 0 Å². The molecule has 0 aromatic heterocycles. The predicted molar refractivity (Wildman–Crippen MR) is 115 cm³/mol. The molecule has 2 aliphatic heterocycles. The maximum absolute atomic E-state index is 12.9. The lowest BCUT2D eigenvalue weighted by atomic mass is 10.0. The molecule has 0 aliphatic carbocycles. The molecule has 1 unspecified atom stereocenters. The Morgan fingerprint density at radius 2 is 1.87 bits per heavy atom. The first-order chi connectivity index (χ1) is 14.1. The number of rotatable bonds is 4. The normalized spacial score (nSPS) is 20.4. The first kappa shape index (κ1) is 22.4. The van der Waals surface area contributed by atoms with Gasteiger partial charge in [-0.3, -0.25) is 14.4 Å². The summed E-state index contributed by atoms with van der Waals surface area (Å²) in [6, 6.07) is 5.00. The molecule has 30 heavy (non-hydrogen) atoms. The standard InChI is InChI=1S/C22H30ClN3O4/c1-22(2,3)26-13-14(11-19(26)27)20(28)24-16-7-9-25(10-8-16)21(29)17-12-15(23)5-6-18(17)30-4/h5-6,12,14,16H,7-11,13H2,1-4H3,(H,24,28). The molecule has 7 nitrogen and oxygen atoms in total. The van der Waals surface area contributed by atoms with Gasteiger partial charge in [0.05, 0.1) is 18.6 Å². The van der Waals surface area contributed by atoms with Gasteiger partial charge in [0, 0.05) is 42.7 Å². The van der Waals surface area contributed by atoms with Gasteiger partial charge in [0.2, 0.25) is 11.8 Å². The Kier molecular flexibility index (Phi) is 6.60. The van der Waals surface area contributed by atoms with Gasteiger partial charge in [-0.2, -0.15) is 0 Å². The van der Waals surface area contributed by atoms with Gasteiger partial charge in [0.15, 0.2) is 0 Å². The van der Waals surface area contributed by atoms with Gasteiger partial charge in [-0.25, -0.2) is 0 Å². The van der Waals surface area contributed by atoms with E-state index in [0.717, 1.165) is 0 Å². The minimum absolute atomic E-state index is 0.00148. The number of hydrogen-bond donors (Lipinski definition) is 1. The molecule has 2 fully saturated rings. The second-order valence-corrected chi connectivity index (χ2v) is 9.43. The number of nitrogens with one attached hydrogen (secondary N) is 1. The zero-order valence-corrected chi connectivity index (χ0v) is 18.8. The third kappa shape index (κ3) is 4.89. The summed E-state index contributed by atoms with van der Waals surface area (Å²) in [5.74, 6) is 0.0116. The van der Waals surface area contributed by atoms with Crippen molar-refractivity contribution in [3.05, 3.63) is 28.8 Å². The van der Waals surface area contributed by atoms with E-state index in [2.05, 4.69) is 5.32 Å². The van der Waals surface area contributed by atoms with Gasteiger partial charge >= 0.3 is 0 Å². The fourth-order valence-electron chi connectivity index (χ4n) is 4.09. The molecule has 8 heteroatoms. The molecule has 1 N–H and O–H groups in total. The third-order valence-corrected chi connectivity index (χ3v) is 6.06. The number of methoxy groups -OCH3 is 1. The highest BCUT2D eigenvalue weighted by Crippen LogP contribution is 2.27. The van der Waals surface area contributed by atoms with Crippen molar-refractivity contribution in [3.8, 4) is 5.75 Å². The summed E-state index contributed by atoms with van der Waals surface area (Å²) in [5, 5.41) is 3.57. The van der Waals surface area contributed by atoms with Crippen molar-refractivity contribution in [2.45, 2.75) is 51.6 Å². The van der Waals surface area contributed by atoms with Crippen molar-refractivity contribution in [1.82, 2.24) is 15.1 Å². The molecule has 2 heterocycles. The summed E-state index contributed by atoms with van der Waals surface area (Å²) in [4.78, 5) is 41.4. The lowest BCUT2D eigenvalue weighted by Crippen LogP contribution is -2.48. The summed E-state index contributed by atoms with van der Waals surface area (Å²) in [6.07, 6.45) is 1.60. The van der Waals surface area contributed by atoms with Crippen molar-refractivity contribution in [2.75, 3.05) is 26.7 Å². The Morgan fingerprint density at radius 3 is 2.43 bits per heavy atom. The van der Waals surface area contributed by atoms with E-state index in [4.69, 9.17) is 16.3 Å². The Hall–Kier alpha value is -2.28. The van der Waals surface area contributed by atoms with Crippen LogP contribution in [0.25, 0.3) is 0 Å². The van der Waals surface area contributed by atoms with Crippen LogP contribution in [0.2, 0.25) is 5.02 Å². The Labute approximate surface area is 182 Å². The molecule has 0 radical (unpaired) electrons. The summed E-state index contributed by atoms with van der Waals surface area (Å²) >= 11 is 6.05. The highest BCUT2D eigenvalue weighted by atomic mass is 35.5. The Morgan fingerprint density at radius 1 is 1.20 bits per heavy atom. The van der Waals surface area contributed by atoms with Crippen molar-refractivity contribution in [1.29, 1.82) is 0 Å². The smallest absolute Gasteiger partial charge is 0.257 e. The number of benzene rings is 1. The Bertz CT molecular complexity index is 828. The first-order valence-electron chi connectivity index (χ1n) is 10.3. The van der Waals surface area contributed by atoms with Crippen LogP contribution in [0.5, 0.6) is 5.75 Å². The van der Waals surface area contributed by atoms with E-state index in [1.807, 2.05) is 20.8 Å². The number of ether oxygens (including phenoxy) is 1. The molecule has 0 spiro atoms. The highest BCUT2D eigenvalue weighted by molar-refractivity contribution is 6.31. The van der Waals surface area contributed by atoms with E-state index in [1.165, 1.54) is 7.11 Å². The van der Waals surface area contributed by atoms with E-state index in [1.54, 1.807) is 28.0 Å². The molecule has 0 saturated carbocycles. The van der Waals surface area contributed by atoms with Gasteiger partial charge in [0.25, 0.3) is 5.91 Å². The molecule has 1 aromatic carbocycles. The van der Waals surface area contributed by atoms with Crippen LogP contribution in [0.15, 0.2) is 18.2 Å². The molecule has 1 atom stereocenters. The summed E-state index contributed by atoms with van der Waals surface area (Å²) < 4.78 is 5.29. The van der Waals surface area contributed by atoms with E-state index in [-0.39, 0.29) is 41.6 Å². The lowest BCUT2D eigenvalue weighted by molar-refractivity contribution is -0.132. The molecule has 3 rings (SSSR count). The molecule has 1 aromatic rings. The van der Waals surface area contributed by atoms with E-state index < -0.39 is 0 Å². The van der Waals surface area contributed by atoms with Crippen molar-refractivity contribution < 1.29 is 19.1 Å². The maximum Gasteiger partial charge on any atom is 0.257 e. The van der Waals surface area contributed by atoms with Crippen LogP contribution < -0.4 is 10.1 Å². The number of carbonyl (C=O) groups excluding carboxylic acids is 3. The van der Waals surface area contributed by atoms with Crippen molar-refractivity contribution in [3.63, 3.8) is 0 Å². The number of carbonyl (C=O) groups is 3. The highest BCUT2D eigenvalue weighted by Gasteiger charge is 2.40. The average molecular weight is 436 g/mol. The average Bonchev–Trinajstić information content (AvgIpc) is 3.10. The number of amides is 3. The fourth-order valence-corrected chi connectivity index (χ4v) is 4.27. The molecule has 2 aliphatic rings. The van der Waals surface area contributed by atoms with E-state index in [9.17, 15) is 14.4 Å². The van der Waals surface area contributed by atoms with Crippen LogP contribution in [-0.2, 0) is 9.59 Å².